The van der Waals surface area contributed by atoms with Gasteiger partial charge >= 0.3 is 6.01 Å². The summed E-state index contributed by atoms with van der Waals surface area (Å²) in [7, 11) is 0. The lowest BCUT2D eigenvalue weighted by Crippen LogP contribution is -2.37. The maximum absolute atomic E-state index is 5.81. The van der Waals surface area contributed by atoms with Crippen LogP contribution in [0.2, 0.25) is 0 Å². The zero-order valence-corrected chi connectivity index (χ0v) is 17.6. The molecule has 4 heterocycles. The van der Waals surface area contributed by atoms with Crippen LogP contribution in [-0.2, 0) is 11.2 Å². The molecule has 1 N–H and O–H groups in total. The first-order valence-corrected chi connectivity index (χ1v) is 10.1. The summed E-state index contributed by atoms with van der Waals surface area (Å²) in [5, 5.41) is 4.19. The molecule has 0 unspecified atom stereocenters. The second kappa shape index (κ2) is 9.98. The standard InChI is InChI=1S/C21H25N7O3/c1-15-13-19(31-16(15)2)27-23-14-18-24-20(28-8-11-29-12-9-28)26-21(25-18)30-10-6-17-5-3-4-7-22-17/h3-5,7,13-14,27H,6,8-12H2,1-2H3. The number of hydrazone groups is 1. The maximum Gasteiger partial charge on any atom is 0.321 e. The van der Waals surface area contributed by atoms with E-state index in [2.05, 4.69) is 30.5 Å². The molecule has 0 radical (unpaired) electrons. The van der Waals surface area contributed by atoms with E-state index in [0.29, 0.717) is 57.0 Å². The number of hydrogen-bond acceptors (Lipinski definition) is 10. The van der Waals surface area contributed by atoms with Gasteiger partial charge in [0.2, 0.25) is 11.8 Å². The Balaban J connectivity index is 1.47. The molecule has 0 bridgehead atoms. The summed E-state index contributed by atoms with van der Waals surface area (Å²) < 4.78 is 16.8. The van der Waals surface area contributed by atoms with Gasteiger partial charge in [0.25, 0.3) is 0 Å². The van der Waals surface area contributed by atoms with Gasteiger partial charge in [-0.05, 0) is 31.5 Å². The van der Waals surface area contributed by atoms with Crippen LogP contribution in [0.1, 0.15) is 22.8 Å². The van der Waals surface area contributed by atoms with Crippen LogP contribution in [-0.4, -0.2) is 59.1 Å². The van der Waals surface area contributed by atoms with Gasteiger partial charge in [-0.15, -0.1) is 0 Å². The number of morpholine rings is 1. The molecule has 1 saturated heterocycles. The van der Waals surface area contributed by atoms with Gasteiger partial charge in [-0.2, -0.15) is 20.1 Å². The van der Waals surface area contributed by atoms with Gasteiger partial charge in [-0.3, -0.25) is 4.98 Å². The number of nitrogens with one attached hydrogen (secondary N) is 1. The third kappa shape index (κ3) is 5.76. The van der Waals surface area contributed by atoms with Crippen molar-refractivity contribution < 1.29 is 13.9 Å². The lowest BCUT2D eigenvalue weighted by atomic mass is 10.3. The Hall–Kier alpha value is -3.53. The molecule has 0 saturated carbocycles. The Morgan fingerprint density at radius 2 is 2.06 bits per heavy atom. The number of nitrogens with zero attached hydrogens (tertiary/aromatic N) is 6. The largest absolute Gasteiger partial charge is 0.463 e. The lowest BCUT2D eigenvalue weighted by Gasteiger charge is -2.26. The van der Waals surface area contributed by atoms with E-state index in [1.165, 1.54) is 6.21 Å². The summed E-state index contributed by atoms with van der Waals surface area (Å²) in [5.41, 5.74) is 4.85. The van der Waals surface area contributed by atoms with E-state index in [1.807, 2.05) is 43.0 Å². The van der Waals surface area contributed by atoms with E-state index < -0.39 is 0 Å². The Labute approximate surface area is 180 Å². The molecule has 0 amide bonds. The molecule has 162 valence electrons. The number of ether oxygens (including phenoxy) is 2. The summed E-state index contributed by atoms with van der Waals surface area (Å²) in [6.07, 6.45) is 3.93. The van der Waals surface area contributed by atoms with Crippen molar-refractivity contribution in [2.24, 2.45) is 5.10 Å². The van der Waals surface area contributed by atoms with Crippen molar-refractivity contribution in [1.29, 1.82) is 0 Å². The van der Waals surface area contributed by atoms with Crippen LogP contribution in [0.15, 0.2) is 40.0 Å². The molecule has 3 aromatic rings. The predicted molar refractivity (Wildman–Crippen MR) is 116 cm³/mol. The van der Waals surface area contributed by atoms with Crippen LogP contribution < -0.4 is 15.1 Å². The Bertz CT molecular complexity index is 998. The number of pyridine rings is 1. The summed E-state index contributed by atoms with van der Waals surface area (Å²) in [6.45, 7) is 6.95. The minimum atomic E-state index is 0.249. The highest BCUT2D eigenvalue weighted by atomic mass is 16.5. The number of hydrogen-bond donors (Lipinski definition) is 1. The van der Waals surface area contributed by atoms with Crippen molar-refractivity contribution in [3.63, 3.8) is 0 Å². The van der Waals surface area contributed by atoms with Crippen LogP contribution in [0.25, 0.3) is 0 Å². The maximum atomic E-state index is 5.81. The second-order valence-electron chi connectivity index (χ2n) is 7.01. The monoisotopic (exact) mass is 423 g/mol. The first kappa shape index (κ1) is 20.7. The minimum absolute atomic E-state index is 0.249. The highest BCUT2D eigenvalue weighted by molar-refractivity contribution is 5.75. The predicted octanol–water partition coefficient (Wildman–Crippen LogP) is 2.38. The molecule has 1 aliphatic rings. The van der Waals surface area contributed by atoms with E-state index in [-0.39, 0.29) is 6.01 Å². The summed E-state index contributed by atoms with van der Waals surface area (Å²) in [6, 6.07) is 7.92. The van der Waals surface area contributed by atoms with Crippen molar-refractivity contribution in [2.45, 2.75) is 20.3 Å². The van der Waals surface area contributed by atoms with Crippen molar-refractivity contribution >= 4 is 18.0 Å². The van der Waals surface area contributed by atoms with E-state index in [9.17, 15) is 0 Å². The lowest BCUT2D eigenvalue weighted by molar-refractivity contribution is 0.122. The normalized spacial score (nSPS) is 14.2. The van der Waals surface area contributed by atoms with Gasteiger partial charge in [0.1, 0.15) is 5.76 Å². The fourth-order valence-corrected chi connectivity index (χ4v) is 2.96. The molecular weight excluding hydrogens is 398 g/mol. The van der Waals surface area contributed by atoms with E-state index in [4.69, 9.17) is 13.9 Å². The zero-order valence-electron chi connectivity index (χ0n) is 17.6. The number of aromatic nitrogens is 4. The fraction of sp³-hybridized carbons (Fsp3) is 0.381. The second-order valence-corrected chi connectivity index (χ2v) is 7.01. The van der Waals surface area contributed by atoms with Crippen LogP contribution in [0.4, 0.5) is 11.8 Å². The first-order chi connectivity index (χ1) is 15.2. The third-order valence-corrected chi connectivity index (χ3v) is 4.75. The molecule has 0 aliphatic carbocycles. The van der Waals surface area contributed by atoms with Crippen molar-refractivity contribution in [3.05, 3.63) is 53.3 Å². The Morgan fingerprint density at radius 1 is 1.19 bits per heavy atom. The molecule has 0 spiro atoms. The Morgan fingerprint density at radius 3 is 2.81 bits per heavy atom. The molecule has 3 aromatic heterocycles. The molecule has 10 nitrogen and oxygen atoms in total. The quantitative estimate of drug-likeness (QED) is 0.431. The van der Waals surface area contributed by atoms with Crippen LogP contribution in [0, 0.1) is 13.8 Å². The summed E-state index contributed by atoms with van der Waals surface area (Å²) >= 11 is 0. The van der Waals surface area contributed by atoms with E-state index >= 15 is 0 Å². The molecule has 4 rings (SSSR count). The highest BCUT2D eigenvalue weighted by Gasteiger charge is 2.17. The molecule has 0 aromatic carbocycles. The zero-order chi connectivity index (χ0) is 21.5. The summed E-state index contributed by atoms with van der Waals surface area (Å²) in [4.78, 5) is 19.7. The van der Waals surface area contributed by atoms with Gasteiger partial charge in [0.05, 0.1) is 26.0 Å². The third-order valence-electron chi connectivity index (χ3n) is 4.75. The average molecular weight is 423 g/mol. The van der Waals surface area contributed by atoms with Crippen LogP contribution in [0.3, 0.4) is 0 Å². The van der Waals surface area contributed by atoms with Crippen LogP contribution in [0.5, 0.6) is 6.01 Å². The number of aryl methyl sites for hydroxylation is 2. The summed E-state index contributed by atoms with van der Waals surface area (Å²) in [5.74, 6) is 2.32. The van der Waals surface area contributed by atoms with E-state index in [0.717, 1.165) is 17.0 Å². The van der Waals surface area contributed by atoms with Gasteiger partial charge < -0.3 is 18.8 Å². The molecular formula is C21H25N7O3. The number of rotatable bonds is 8. The van der Waals surface area contributed by atoms with Crippen molar-refractivity contribution in [2.75, 3.05) is 43.2 Å². The molecule has 1 aliphatic heterocycles. The van der Waals surface area contributed by atoms with Crippen molar-refractivity contribution in [3.8, 4) is 6.01 Å². The van der Waals surface area contributed by atoms with E-state index in [1.54, 1.807) is 6.20 Å². The van der Waals surface area contributed by atoms with Crippen molar-refractivity contribution in [1.82, 2.24) is 19.9 Å². The number of anilines is 2. The van der Waals surface area contributed by atoms with Gasteiger partial charge in [0.15, 0.2) is 5.82 Å². The molecule has 0 atom stereocenters. The topological polar surface area (TPSA) is 111 Å². The van der Waals surface area contributed by atoms with Gasteiger partial charge in [-0.1, -0.05) is 6.07 Å². The minimum Gasteiger partial charge on any atom is -0.463 e. The molecule has 31 heavy (non-hydrogen) atoms. The van der Waals surface area contributed by atoms with Crippen LogP contribution >= 0.6 is 0 Å². The fourth-order valence-electron chi connectivity index (χ4n) is 2.96. The van der Waals surface area contributed by atoms with Gasteiger partial charge in [0, 0.05) is 37.5 Å². The number of furan rings is 1. The van der Waals surface area contributed by atoms with Gasteiger partial charge in [-0.25, -0.2) is 5.43 Å². The average Bonchev–Trinajstić information content (AvgIpc) is 3.12. The first-order valence-electron chi connectivity index (χ1n) is 10.1. The molecule has 1 fully saturated rings. The molecule has 10 heteroatoms. The Kier molecular flexibility index (Phi) is 6.68. The smallest absolute Gasteiger partial charge is 0.321 e. The SMILES string of the molecule is Cc1cc(NN=Cc2nc(OCCc3ccccn3)nc(N3CCOCC3)n2)oc1C. The highest BCUT2D eigenvalue weighted by Crippen LogP contribution is 2.18.